The zero-order valence-corrected chi connectivity index (χ0v) is 24.7. The van der Waals surface area contributed by atoms with Crippen molar-refractivity contribution in [2.45, 2.75) is 63.7 Å². The number of thioether (sulfide) groups is 1. The van der Waals surface area contributed by atoms with Crippen molar-refractivity contribution in [3.63, 3.8) is 0 Å². The highest BCUT2D eigenvalue weighted by molar-refractivity contribution is 8.19. The quantitative estimate of drug-likeness (QED) is 0.132. The maximum atomic E-state index is 13.2. The molecular weight excluding hydrogens is 532 g/mol. The van der Waals surface area contributed by atoms with E-state index in [4.69, 9.17) is 9.47 Å². The zero-order valence-electron chi connectivity index (χ0n) is 23.0. The number of nitrogens with zero attached hydrogens (tertiary/aromatic N) is 2. The lowest BCUT2D eigenvalue weighted by Crippen LogP contribution is -2.29. The summed E-state index contributed by atoms with van der Waals surface area (Å²) < 4.78 is 41.5. The standard InChI is InChI=1S/C30H38N2O5S2/c1-5-8-9-10-11-12-20-37-27-21-24(15-18-26(27)36-4)22-28-29(33)32(19-6-2)30(38-28)31-39(34,35)25-16-13-23(7-3)14-17-25/h6,13-18,21-22H,2,5,7-12,19-20H2,1,3-4H3/b28-22-,31-30?. The average Bonchev–Trinajstić information content (AvgIpc) is 3.21. The van der Waals surface area contributed by atoms with Gasteiger partial charge >= 0.3 is 0 Å². The third-order valence-electron chi connectivity index (χ3n) is 6.27. The normalized spacial score (nSPS) is 15.8. The van der Waals surface area contributed by atoms with E-state index in [0.29, 0.717) is 23.0 Å². The number of amidine groups is 1. The van der Waals surface area contributed by atoms with Crippen LogP contribution in [-0.2, 0) is 21.2 Å². The number of hydrogen-bond donors (Lipinski definition) is 0. The maximum absolute atomic E-state index is 13.2. The van der Waals surface area contributed by atoms with Crippen molar-refractivity contribution in [1.82, 2.24) is 4.90 Å². The Kier molecular flexibility index (Phi) is 11.7. The van der Waals surface area contributed by atoms with Gasteiger partial charge in [0.25, 0.3) is 15.9 Å². The van der Waals surface area contributed by atoms with Gasteiger partial charge in [0.1, 0.15) is 0 Å². The maximum Gasteiger partial charge on any atom is 0.284 e. The third kappa shape index (κ3) is 8.47. The Morgan fingerprint density at radius 2 is 1.72 bits per heavy atom. The highest BCUT2D eigenvalue weighted by Gasteiger charge is 2.34. The van der Waals surface area contributed by atoms with Crippen LogP contribution in [0.1, 0.15) is 63.5 Å². The molecule has 0 radical (unpaired) electrons. The summed E-state index contributed by atoms with van der Waals surface area (Å²) in [7, 11) is -2.41. The molecule has 3 rings (SSSR count). The van der Waals surface area contributed by atoms with Crippen LogP contribution in [0, 0.1) is 0 Å². The minimum absolute atomic E-state index is 0.0820. The minimum Gasteiger partial charge on any atom is -0.493 e. The number of rotatable bonds is 15. The Labute approximate surface area is 237 Å². The number of unbranched alkanes of at least 4 members (excludes halogenated alkanes) is 5. The lowest BCUT2D eigenvalue weighted by Gasteiger charge is -2.12. The van der Waals surface area contributed by atoms with Gasteiger partial charge in [0.2, 0.25) is 0 Å². The Morgan fingerprint density at radius 1 is 1.00 bits per heavy atom. The molecule has 0 N–H and O–H groups in total. The summed E-state index contributed by atoms with van der Waals surface area (Å²) >= 11 is 1.03. The van der Waals surface area contributed by atoms with Gasteiger partial charge in [-0.05, 0) is 66.1 Å². The molecule has 1 aliphatic rings. The van der Waals surface area contributed by atoms with Crippen LogP contribution in [-0.4, -0.2) is 44.7 Å². The molecule has 9 heteroatoms. The van der Waals surface area contributed by atoms with Gasteiger partial charge in [-0.15, -0.1) is 11.0 Å². The summed E-state index contributed by atoms with van der Waals surface area (Å²) in [4.78, 5) is 15.0. The van der Waals surface area contributed by atoms with E-state index in [1.807, 2.05) is 19.1 Å². The van der Waals surface area contributed by atoms with E-state index in [-0.39, 0.29) is 22.5 Å². The van der Waals surface area contributed by atoms with Crippen molar-refractivity contribution in [2.24, 2.45) is 4.40 Å². The number of ether oxygens (including phenoxy) is 2. The summed E-state index contributed by atoms with van der Waals surface area (Å²) in [6.07, 6.45) is 11.1. The first-order valence-corrected chi connectivity index (χ1v) is 15.7. The minimum atomic E-state index is -4.00. The van der Waals surface area contributed by atoms with Gasteiger partial charge in [-0.25, -0.2) is 0 Å². The van der Waals surface area contributed by atoms with E-state index < -0.39 is 10.0 Å². The van der Waals surface area contributed by atoms with Crippen molar-refractivity contribution in [2.75, 3.05) is 20.3 Å². The lowest BCUT2D eigenvalue weighted by atomic mass is 10.1. The van der Waals surface area contributed by atoms with E-state index in [0.717, 1.165) is 42.2 Å². The number of carbonyl (C=O) groups excluding carboxylic acids is 1. The topological polar surface area (TPSA) is 85.3 Å². The number of methoxy groups -OCH3 is 1. The fraction of sp³-hybridized carbons (Fsp3) is 0.400. The zero-order chi connectivity index (χ0) is 28.3. The Morgan fingerprint density at radius 3 is 2.38 bits per heavy atom. The van der Waals surface area contributed by atoms with E-state index in [1.54, 1.807) is 49.6 Å². The molecular formula is C30H38N2O5S2. The number of aryl methyl sites for hydroxylation is 1. The second-order valence-electron chi connectivity index (χ2n) is 9.19. The molecule has 1 aliphatic heterocycles. The van der Waals surface area contributed by atoms with E-state index in [1.165, 1.54) is 30.6 Å². The highest BCUT2D eigenvalue weighted by atomic mass is 32.2. The molecule has 210 valence electrons. The van der Waals surface area contributed by atoms with Gasteiger partial charge < -0.3 is 9.47 Å². The summed E-state index contributed by atoms with van der Waals surface area (Å²) in [5, 5.41) is 0.0961. The molecule has 0 unspecified atom stereocenters. The molecule has 1 fully saturated rings. The molecule has 2 aromatic carbocycles. The predicted molar refractivity (Wildman–Crippen MR) is 160 cm³/mol. The summed E-state index contributed by atoms with van der Waals surface area (Å²) in [5.41, 5.74) is 1.77. The van der Waals surface area contributed by atoms with Crippen LogP contribution < -0.4 is 9.47 Å². The van der Waals surface area contributed by atoms with Crippen molar-refractivity contribution < 1.29 is 22.7 Å². The number of amides is 1. The first kappa shape index (κ1) is 30.5. The molecule has 1 saturated heterocycles. The molecule has 2 aromatic rings. The summed E-state index contributed by atoms with van der Waals surface area (Å²) in [6, 6.07) is 12.1. The van der Waals surface area contributed by atoms with Crippen molar-refractivity contribution in [3.05, 3.63) is 71.2 Å². The van der Waals surface area contributed by atoms with E-state index in [2.05, 4.69) is 17.9 Å². The van der Waals surface area contributed by atoms with Gasteiger partial charge in [0.05, 0.1) is 23.5 Å². The largest absolute Gasteiger partial charge is 0.493 e. The number of benzene rings is 2. The van der Waals surface area contributed by atoms with Gasteiger partial charge in [-0.1, -0.05) is 70.2 Å². The van der Waals surface area contributed by atoms with Gasteiger partial charge in [0.15, 0.2) is 16.7 Å². The fourth-order valence-electron chi connectivity index (χ4n) is 4.03. The second kappa shape index (κ2) is 14.9. The fourth-order valence-corrected chi connectivity index (χ4v) is 6.22. The van der Waals surface area contributed by atoms with Crippen molar-refractivity contribution >= 4 is 38.9 Å². The van der Waals surface area contributed by atoms with Crippen LogP contribution in [0.2, 0.25) is 0 Å². The van der Waals surface area contributed by atoms with Crippen LogP contribution in [0.25, 0.3) is 6.08 Å². The summed E-state index contributed by atoms with van der Waals surface area (Å²) in [6.45, 7) is 8.63. The SMILES string of the molecule is C=CCN1C(=O)/C(=C/c2ccc(OC)c(OCCCCCCCC)c2)SC1=NS(=O)(=O)c1ccc(CC)cc1. The van der Waals surface area contributed by atoms with Gasteiger partial charge in [-0.3, -0.25) is 9.69 Å². The Hall–Kier alpha value is -3.04. The molecule has 1 amide bonds. The van der Waals surface area contributed by atoms with Crippen molar-refractivity contribution in [3.8, 4) is 11.5 Å². The average molecular weight is 571 g/mol. The highest BCUT2D eigenvalue weighted by Crippen LogP contribution is 2.35. The molecule has 0 aliphatic carbocycles. The number of carbonyl (C=O) groups is 1. The van der Waals surface area contributed by atoms with Crippen molar-refractivity contribution in [1.29, 1.82) is 0 Å². The molecule has 0 aromatic heterocycles. The van der Waals surface area contributed by atoms with Crippen LogP contribution in [0.5, 0.6) is 11.5 Å². The van der Waals surface area contributed by atoms with Crippen LogP contribution >= 0.6 is 11.8 Å². The van der Waals surface area contributed by atoms with Crippen LogP contribution in [0.15, 0.2) is 69.3 Å². The molecule has 0 bridgehead atoms. The van der Waals surface area contributed by atoms with E-state index in [9.17, 15) is 13.2 Å². The number of hydrogen-bond acceptors (Lipinski definition) is 6. The molecule has 39 heavy (non-hydrogen) atoms. The van der Waals surface area contributed by atoms with Crippen LogP contribution in [0.4, 0.5) is 0 Å². The molecule has 0 saturated carbocycles. The van der Waals surface area contributed by atoms with Gasteiger partial charge in [0, 0.05) is 6.54 Å². The third-order valence-corrected chi connectivity index (χ3v) is 8.67. The first-order valence-electron chi connectivity index (χ1n) is 13.4. The smallest absolute Gasteiger partial charge is 0.284 e. The number of sulfonamides is 1. The lowest BCUT2D eigenvalue weighted by molar-refractivity contribution is -0.121. The second-order valence-corrected chi connectivity index (χ2v) is 11.8. The Bertz CT molecular complexity index is 1300. The molecule has 0 spiro atoms. The molecule has 1 heterocycles. The molecule has 7 nitrogen and oxygen atoms in total. The van der Waals surface area contributed by atoms with Crippen LogP contribution in [0.3, 0.4) is 0 Å². The Balaban J connectivity index is 1.80. The molecule has 0 atom stereocenters. The summed E-state index contributed by atoms with van der Waals surface area (Å²) in [5.74, 6) is 0.885. The first-order chi connectivity index (χ1) is 18.8. The van der Waals surface area contributed by atoms with Gasteiger partial charge in [-0.2, -0.15) is 8.42 Å². The predicted octanol–water partition coefficient (Wildman–Crippen LogP) is 6.84. The monoisotopic (exact) mass is 570 g/mol. The van der Waals surface area contributed by atoms with E-state index >= 15 is 0 Å².